The lowest BCUT2D eigenvalue weighted by Crippen LogP contribution is -2.24. The fourth-order valence-electron chi connectivity index (χ4n) is 3.35. The van der Waals surface area contributed by atoms with Crippen molar-refractivity contribution in [3.05, 3.63) is 92.9 Å². The van der Waals surface area contributed by atoms with Crippen LogP contribution in [0.5, 0.6) is 0 Å². The molecule has 2 aromatic carbocycles. The molecule has 0 spiro atoms. The summed E-state index contributed by atoms with van der Waals surface area (Å²) in [6.07, 6.45) is 2.65. The first-order chi connectivity index (χ1) is 13.9. The molecule has 148 valence electrons. The van der Waals surface area contributed by atoms with Gasteiger partial charge in [-0.2, -0.15) is 5.10 Å². The lowest BCUT2D eigenvalue weighted by molar-refractivity contribution is 0.155. The Labute approximate surface area is 177 Å². The standard InChI is InChI=1S/C23H22BrN3O2/c1-15(2)16-6-8-17(9-7-16)22(28)14-26-10-11-27-21(23(26)29)13-20(25-27)18-4-3-5-19(24)12-18/h3-13,15,22,28H,14H2,1-2H3. The van der Waals surface area contributed by atoms with Gasteiger partial charge in [-0.15, -0.1) is 0 Å². The summed E-state index contributed by atoms with van der Waals surface area (Å²) < 4.78 is 4.07. The highest BCUT2D eigenvalue weighted by Crippen LogP contribution is 2.23. The molecule has 0 saturated carbocycles. The van der Waals surface area contributed by atoms with Crippen molar-refractivity contribution < 1.29 is 5.11 Å². The maximum Gasteiger partial charge on any atom is 0.276 e. The topological polar surface area (TPSA) is 59.5 Å². The molecule has 2 heterocycles. The molecule has 0 saturated heterocycles. The van der Waals surface area contributed by atoms with Crippen LogP contribution in [-0.4, -0.2) is 19.3 Å². The van der Waals surface area contributed by atoms with Crippen LogP contribution in [-0.2, 0) is 6.54 Å². The Balaban J connectivity index is 1.62. The second-order valence-corrected chi connectivity index (χ2v) is 8.38. The van der Waals surface area contributed by atoms with Gasteiger partial charge in [0.25, 0.3) is 5.56 Å². The normalized spacial score (nSPS) is 12.6. The summed E-state index contributed by atoms with van der Waals surface area (Å²) in [6.45, 7) is 4.45. The summed E-state index contributed by atoms with van der Waals surface area (Å²) in [6, 6.07) is 17.5. The molecule has 0 bridgehead atoms. The van der Waals surface area contributed by atoms with Gasteiger partial charge >= 0.3 is 0 Å². The second-order valence-electron chi connectivity index (χ2n) is 7.46. The maximum atomic E-state index is 12.9. The zero-order chi connectivity index (χ0) is 20.5. The highest BCUT2D eigenvalue weighted by molar-refractivity contribution is 9.10. The van der Waals surface area contributed by atoms with Gasteiger partial charge in [0.05, 0.1) is 18.3 Å². The minimum atomic E-state index is -0.760. The number of fused-ring (bicyclic) bond motifs is 1. The third kappa shape index (κ3) is 4.04. The second kappa shape index (κ2) is 7.97. The molecule has 1 atom stereocenters. The SMILES string of the molecule is CC(C)c1ccc(C(O)Cn2ccn3nc(-c4cccc(Br)c4)cc3c2=O)cc1. The third-order valence-corrected chi connectivity index (χ3v) is 5.57. The Morgan fingerprint density at radius 2 is 1.76 bits per heavy atom. The number of halogens is 1. The zero-order valence-electron chi connectivity index (χ0n) is 16.3. The van der Waals surface area contributed by atoms with Gasteiger partial charge in [0.15, 0.2) is 0 Å². The van der Waals surface area contributed by atoms with Crippen LogP contribution in [0.2, 0.25) is 0 Å². The summed E-state index contributed by atoms with van der Waals surface area (Å²) in [5.74, 6) is 0.438. The van der Waals surface area contributed by atoms with Crippen molar-refractivity contribution in [2.24, 2.45) is 0 Å². The van der Waals surface area contributed by atoms with Gasteiger partial charge in [0, 0.05) is 22.4 Å². The Morgan fingerprint density at radius 1 is 1.03 bits per heavy atom. The van der Waals surface area contributed by atoms with Crippen molar-refractivity contribution in [2.45, 2.75) is 32.4 Å². The largest absolute Gasteiger partial charge is 0.387 e. The quantitative estimate of drug-likeness (QED) is 0.474. The minimum absolute atomic E-state index is 0.181. The van der Waals surface area contributed by atoms with Gasteiger partial charge in [-0.25, -0.2) is 4.52 Å². The summed E-state index contributed by atoms with van der Waals surface area (Å²) in [7, 11) is 0. The first-order valence-corrected chi connectivity index (χ1v) is 10.3. The minimum Gasteiger partial charge on any atom is -0.387 e. The summed E-state index contributed by atoms with van der Waals surface area (Å²) >= 11 is 3.46. The van der Waals surface area contributed by atoms with Gasteiger partial charge in [0.2, 0.25) is 0 Å². The summed E-state index contributed by atoms with van der Waals surface area (Å²) in [5.41, 5.74) is 3.97. The monoisotopic (exact) mass is 451 g/mol. The predicted molar refractivity (Wildman–Crippen MR) is 118 cm³/mol. The van der Waals surface area contributed by atoms with Gasteiger partial charge in [-0.3, -0.25) is 4.79 Å². The van der Waals surface area contributed by atoms with Crippen LogP contribution in [0.15, 0.2) is 76.3 Å². The molecule has 5 nitrogen and oxygen atoms in total. The average Bonchev–Trinajstić information content (AvgIpc) is 3.15. The van der Waals surface area contributed by atoms with Crippen LogP contribution in [0.3, 0.4) is 0 Å². The molecule has 29 heavy (non-hydrogen) atoms. The van der Waals surface area contributed by atoms with E-state index in [1.165, 1.54) is 10.1 Å². The van der Waals surface area contributed by atoms with E-state index in [1.54, 1.807) is 23.0 Å². The summed E-state index contributed by atoms with van der Waals surface area (Å²) in [5, 5.41) is 15.1. The van der Waals surface area contributed by atoms with Gasteiger partial charge in [-0.1, -0.05) is 66.2 Å². The Bertz CT molecular complexity index is 1210. The van der Waals surface area contributed by atoms with E-state index in [9.17, 15) is 9.90 Å². The van der Waals surface area contributed by atoms with E-state index in [2.05, 4.69) is 34.9 Å². The van der Waals surface area contributed by atoms with Crippen molar-refractivity contribution in [3.8, 4) is 11.3 Å². The number of hydrogen-bond acceptors (Lipinski definition) is 3. The van der Waals surface area contributed by atoms with E-state index < -0.39 is 6.10 Å². The lowest BCUT2D eigenvalue weighted by atomic mass is 10.00. The highest BCUT2D eigenvalue weighted by atomic mass is 79.9. The predicted octanol–water partition coefficient (Wildman–Crippen LogP) is 4.78. The van der Waals surface area contributed by atoms with Crippen molar-refractivity contribution in [2.75, 3.05) is 0 Å². The molecule has 0 aliphatic heterocycles. The third-order valence-electron chi connectivity index (χ3n) is 5.08. The highest BCUT2D eigenvalue weighted by Gasteiger charge is 2.13. The number of rotatable bonds is 5. The first kappa shape index (κ1) is 19.6. The fourth-order valence-corrected chi connectivity index (χ4v) is 3.75. The number of aliphatic hydroxyl groups excluding tert-OH is 1. The smallest absolute Gasteiger partial charge is 0.276 e. The average molecular weight is 452 g/mol. The van der Waals surface area contributed by atoms with Crippen LogP contribution in [0.1, 0.15) is 37.0 Å². The number of hydrogen-bond donors (Lipinski definition) is 1. The molecule has 0 radical (unpaired) electrons. The summed E-state index contributed by atoms with van der Waals surface area (Å²) in [4.78, 5) is 12.9. The molecule has 6 heteroatoms. The Morgan fingerprint density at radius 3 is 2.45 bits per heavy atom. The Kier molecular flexibility index (Phi) is 5.39. The zero-order valence-corrected chi connectivity index (χ0v) is 17.9. The molecule has 1 unspecified atom stereocenters. The molecule has 0 fully saturated rings. The number of aromatic nitrogens is 3. The van der Waals surface area contributed by atoms with E-state index in [4.69, 9.17) is 0 Å². The van der Waals surface area contributed by atoms with E-state index in [-0.39, 0.29) is 12.1 Å². The van der Waals surface area contributed by atoms with E-state index in [1.807, 2.05) is 48.5 Å². The molecular formula is C23H22BrN3O2. The van der Waals surface area contributed by atoms with Crippen LogP contribution < -0.4 is 5.56 Å². The van der Waals surface area contributed by atoms with Gasteiger partial charge in [0.1, 0.15) is 5.52 Å². The van der Waals surface area contributed by atoms with Crippen LogP contribution in [0.25, 0.3) is 16.8 Å². The molecule has 0 amide bonds. The Hall–Kier alpha value is -2.70. The molecule has 0 aliphatic carbocycles. The van der Waals surface area contributed by atoms with Crippen LogP contribution >= 0.6 is 15.9 Å². The number of nitrogens with zero attached hydrogens (tertiary/aromatic N) is 3. The van der Waals surface area contributed by atoms with E-state index >= 15 is 0 Å². The van der Waals surface area contributed by atoms with Crippen molar-refractivity contribution in [3.63, 3.8) is 0 Å². The molecule has 2 aromatic heterocycles. The molecule has 4 aromatic rings. The van der Waals surface area contributed by atoms with Gasteiger partial charge in [-0.05, 0) is 35.2 Å². The lowest BCUT2D eigenvalue weighted by Gasteiger charge is -2.14. The van der Waals surface area contributed by atoms with Gasteiger partial charge < -0.3 is 9.67 Å². The fraction of sp³-hybridized carbons (Fsp3) is 0.217. The molecule has 0 aliphatic rings. The molecule has 1 N–H and O–H groups in total. The maximum absolute atomic E-state index is 12.9. The van der Waals surface area contributed by atoms with E-state index in [0.29, 0.717) is 11.4 Å². The van der Waals surface area contributed by atoms with Crippen molar-refractivity contribution in [1.82, 2.24) is 14.2 Å². The molecular weight excluding hydrogens is 430 g/mol. The molecule has 4 rings (SSSR count). The van der Waals surface area contributed by atoms with Crippen molar-refractivity contribution >= 4 is 21.4 Å². The van der Waals surface area contributed by atoms with Crippen LogP contribution in [0.4, 0.5) is 0 Å². The number of benzene rings is 2. The number of aliphatic hydroxyl groups is 1. The van der Waals surface area contributed by atoms with E-state index in [0.717, 1.165) is 21.3 Å². The van der Waals surface area contributed by atoms with Crippen LogP contribution in [0, 0.1) is 0 Å². The van der Waals surface area contributed by atoms with Crippen molar-refractivity contribution in [1.29, 1.82) is 0 Å². The first-order valence-electron chi connectivity index (χ1n) is 9.55.